The predicted octanol–water partition coefficient (Wildman–Crippen LogP) is 3.28. The number of nitrogen functional groups attached to an aromatic ring is 1. The third-order valence-electron chi connectivity index (χ3n) is 4.05. The van der Waals surface area contributed by atoms with Gasteiger partial charge in [0.2, 0.25) is 0 Å². The van der Waals surface area contributed by atoms with Crippen molar-refractivity contribution in [2.24, 2.45) is 5.92 Å². The number of nitrogens with two attached hydrogens (primary N) is 1. The van der Waals surface area contributed by atoms with E-state index in [1.807, 2.05) is 12.1 Å². The highest BCUT2D eigenvalue weighted by atomic mass is 16.5. The Morgan fingerprint density at radius 1 is 1.16 bits per heavy atom. The zero-order valence-electron chi connectivity index (χ0n) is 12.0. The van der Waals surface area contributed by atoms with Crippen molar-refractivity contribution in [2.75, 3.05) is 25.3 Å². The molecule has 106 valence electrons. The smallest absolute Gasteiger partial charge is 0.162 e. The average Bonchev–Trinajstić information content (AvgIpc) is 2.94. The molecule has 0 bridgehead atoms. The van der Waals surface area contributed by atoms with Gasteiger partial charge in [0.05, 0.1) is 25.6 Å². The van der Waals surface area contributed by atoms with Crippen molar-refractivity contribution >= 4 is 11.4 Å². The summed E-state index contributed by atoms with van der Waals surface area (Å²) in [5, 5.41) is 3.52. The second kappa shape index (κ2) is 6.04. The molecule has 0 radical (unpaired) electrons. The second-order valence-electron chi connectivity index (χ2n) is 5.27. The molecule has 4 nitrogen and oxygen atoms in total. The quantitative estimate of drug-likeness (QED) is 0.801. The van der Waals surface area contributed by atoms with Crippen LogP contribution in [0.1, 0.15) is 32.6 Å². The van der Waals surface area contributed by atoms with Crippen LogP contribution in [0.5, 0.6) is 11.5 Å². The third kappa shape index (κ3) is 3.06. The number of hydrogen-bond donors (Lipinski definition) is 2. The van der Waals surface area contributed by atoms with Crippen molar-refractivity contribution in [2.45, 2.75) is 38.6 Å². The number of hydrogen-bond acceptors (Lipinski definition) is 4. The van der Waals surface area contributed by atoms with E-state index in [2.05, 4.69) is 12.2 Å². The van der Waals surface area contributed by atoms with Gasteiger partial charge in [-0.05, 0) is 25.7 Å². The molecule has 1 unspecified atom stereocenters. The molecule has 0 spiro atoms. The molecule has 1 aliphatic carbocycles. The van der Waals surface area contributed by atoms with Gasteiger partial charge in [0.1, 0.15) is 0 Å². The monoisotopic (exact) mass is 264 g/mol. The summed E-state index contributed by atoms with van der Waals surface area (Å²) in [6.45, 7) is 2.23. The lowest BCUT2D eigenvalue weighted by molar-refractivity contribution is 0.355. The summed E-state index contributed by atoms with van der Waals surface area (Å²) in [6, 6.07) is 4.16. The molecule has 0 amide bonds. The maximum absolute atomic E-state index is 6.07. The Morgan fingerprint density at radius 2 is 1.74 bits per heavy atom. The molecule has 0 heterocycles. The van der Waals surface area contributed by atoms with Crippen molar-refractivity contribution in [1.82, 2.24) is 0 Å². The molecule has 1 aromatic carbocycles. The first-order valence-electron chi connectivity index (χ1n) is 6.93. The van der Waals surface area contributed by atoms with E-state index < -0.39 is 0 Å². The highest BCUT2D eigenvalue weighted by Crippen LogP contribution is 2.36. The zero-order valence-corrected chi connectivity index (χ0v) is 12.0. The largest absolute Gasteiger partial charge is 0.493 e. The highest BCUT2D eigenvalue weighted by Gasteiger charge is 2.22. The summed E-state index contributed by atoms with van der Waals surface area (Å²) in [6.07, 6.45) is 5.30. The molecular weight excluding hydrogens is 240 g/mol. The molecule has 4 heteroatoms. The van der Waals surface area contributed by atoms with Crippen molar-refractivity contribution in [3.8, 4) is 11.5 Å². The lowest BCUT2D eigenvalue weighted by Crippen LogP contribution is -2.24. The summed E-state index contributed by atoms with van der Waals surface area (Å²) in [5.74, 6) is 2.12. The van der Waals surface area contributed by atoms with E-state index in [0.29, 0.717) is 23.2 Å². The van der Waals surface area contributed by atoms with Crippen LogP contribution in [-0.2, 0) is 0 Å². The number of methoxy groups -OCH3 is 2. The molecule has 2 rings (SSSR count). The summed E-state index contributed by atoms with van der Waals surface area (Å²) in [7, 11) is 3.25. The topological polar surface area (TPSA) is 56.5 Å². The van der Waals surface area contributed by atoms with Gasteiger partial charge in [-0.25, -0.2) is 0 Å². The summed E-state index contributed by atoms with van der Waals surface area (Å²) >= 11 is 0. The second-order valence-corrected chi connectivity index (χ2v) is 5.27. The lowest BCUT2D eigenvalue weighted by Gasteiger charge is -2.23. The van der Waals surface area contributed by atoms with Crippen LogP contribution in [-0.4, -0.2) is 20.3 Å². The van der Waals surface area contributed by atoms with Crippen molar-refractivity contribution in [3.05, 3.63) is 12.1 Å². The molecule has 0 aromatic heterocycles. The van der Waals surface area contributed by atoms with E-state index in [1.54, 1.807) is 14.2 Å². The number of nitrogens with one attached hydrogen (secondary N) is 1. The average molecular weight is 264 g/mol. The fourth-order valence-electron chi connectivity index (χ4n) is 2.84. The first-order valence-corrected chi connectivity index (χ1v) is 6.93. The number of benzene rings is 1. The Labute approximate surface area is 115 Å². The lowest BCUT2D eigenvalue weighted by atomic mass is 9.99. The molecular formula is C15H24N2O2. The van der Waals surface area contributed by atoms with Crippen LogP contribution in [0, 0.1) is 5.92 Å². The van der Waals surface area contributed by atoms with Crippen LogP contribution < -0.4 is 20.5 Å². The van der Waals surface area contributed by atoms with Gasteiger partial charge in [-0.2, -0.15) is 0 Å². The minimum absolute atomic E-state index is 0.433. The molecule has 0 saturated heterocycles. The maximum Gasteiger partial charge on any atom is 0.162 e. The fourth-order valence-corrected chi connectivity index (χ4v) is 2.84. The molecule has 1 aromatic rings. The van der Waals surface area contributed by atoms with Gasteiger partial charge < -0.3 is 20.5 Å². The van der Waals surface area contributed by atoms with Crippen LogP contribution in [0.4, 0.5) is 11.4 Å². The first-order chi connectivity index (χ1) is 9.15. The molecule has 0 aliphatic heterocycles. The minimum atomic E-state index is 0.433. The highest BCUT2D eigenvalue weighted by molar-refractivity contribution is 5.72. The van der Waals surface area contributed by atoms with Crippen LogP contribution in [0.3, 0.4) is 0 Å². The van der Waals surface area contributed by atoms with Gasteiger partial charge in [0.15, 0.2) is 11.5 Å². The van der Waals surface area contributed by atoms with Gasteiger partial charge in [0, 0.05) is 18.2 Å². The maximum atomic E-state index is 6.07. The van der Waals surface area contributed by atoms with E-state index in [0.717, 1.165) is 11.6 Å². The molecule has 1 aliphatic rings. The number of anilines is 2. The Kier molecular flexibility index (Phi) is 4.40. The Balaban J connectivity index is 2.14. The van der Waals surface area contributed by atoms with Crippen LogP contribution >= 0.6 is 0 Å². The summed E-state index contributed by atoms with van der Waals surface area (Å²) in [5.41, 5.74) is 7.69. The zero-order chi connectivity index (χ0) is 13.8. The van der Waals surface area contributed by atoms with Crippen molar-refractivity contribution in [1.29, 1.82) is 0 Å². The Hall–Kier alpha value is -1.58. The molecule has 1 atom stereocenters. The van der Waals surface area contributed by atoms with Gasteiger partial charge in [0.25, 0.3) is 0 Å². The van der Waals surface area contributed by atoms with Gasteiger partial charge >= 0.3 is 0 Å². The predicted molar refractivity (Wildman–Crippen MR) is 79.0 cm³/mol. The van der Waals surface area contributed by atoms with E-state index in [4.69, 9.17) is 15.2 Å². The van der Waals surface area contributed by atoms with E-state index in [1.165, 1.54) is 25.7 Å². The third-order valence-corrected chi connectivity index (χ3v) is 4.05. The molecule has 3 N–H and O–H groups in total. The Bertz CT molecular complexity index is 428. The number of rotatable bonds is 5. The van der Waals surface area contributed by atoms with Crippen LogP contribution in [0.25, 0.3) is 0 Å². The van der Waals surface area contributed by atoms with Gasteiger partial charge in [-0.1, -0.05) is 12.8 Å². The molecule has 19 heavy (non-hydrogen) atoms. The summed E-state index contributed by atoms with van der Waals surface area (Å²) < 4.78 is 10.6. The minimum Gasteiger partial charge on any atom is -0.493 e. The summed E-state index contributed by atoms with van der Waals surface area (Å²) in [4.78, 5) is 0. The Morgan fingerprint density at radius 3 is 2.32 bits per heavy atom. The van der Waals surface area contributed by atoms with Crippen LogP contribution in [0.15, 0.2) is 12.1 Å². The van der Waals surface area contributed by atoms with E-state index >= 15 is 0 Å². The van der Waals surface area contributed by atoms with Crippen LogP contribution in [0.2, 0.25) is 0 Å². The molecule has 1 fully saturated rings. The normalized spacial score (nSPS) is 17.2. The standard InChI is InChI=1S/C15H24N2O2/c1-10(11-6-4-5-7-11)17-13-9-15(19-3)14(18-2)8-12(13)16/h8-11,17H,4-7,16H2,1-3H3. The van der Waals surface area contributed by atoms with E-state index in [-0.39, 0.29) is 0 Å². The van der Waals surface area contributed by atoms with Gasteiger partial charge in [-0.15, -0.1) is 0 Å². The van der Waals surface area contributed by atoms with E-state index in [9.17, 15) is 0 Å². The SMILES string of the molecule is COc1cc(N)c(NC(C)C2CCCC2)cc1OC. The van der Waals surface area contributed by atoms with Gasteiger partial charge in [-0.3, -0.25) is 0 Å². The first kappa shape index (κ1) is 13.8. The molecule has 1 saturated carbocycles. The fraction of sp³-hybridized carbons (Fsp3) is 0.600. The van der Waals surface area contributed by atoms with Crippen molar-refractivity contribution in [3.63, 3.8) is 0 Å². The number of ether oxygens (including phenoxy) is 2. The van der Waals surface area contributed by atoms with Crippen molar-refractivity contribution < 1.29 is 9.47 Å².